The Labute approximate surface area is 75.8 Å². The zero-order chi connectivity index (χ0) is 9.84. The molecule has 0 fully saturated rings. The van der Waals surface area contributed by atoms with Crippen LogP contribution >= 0.6 is 0 Å². The van der Waals surface area contributed by atoms with E-state index in [1.165, 1.54) is 7.11 Å². The highest BCUT2D eigenvalue weighted by Gasteiger charge is 2.11. The van der Waals surface area contributed by atoms with Crippen molar-refractivity contribution in [3.8, 4) is 0 Å². The minimum Gasteiger partial charge on any atom is -0.368 e. The van der Waals surface area contributed by atoms with Crippen molar-refractivity contribution in [3.05, 3.63) is 18.0 Å². The molecule has 0 bridgehead atoms. The maximum Gasteiger partial charge on any atom is 0.257 e. The average molecular weight is 181 g/mol. The molecule has 0 aliphatic rings. The Kier molecular flexibility index (Phi) is 2.76. The molecule has 1 aromatic heterocycles. The summed E-state index contributed by atoms with van der Waals surface area (Å²) in [7, 11) is 1.40. The zero-order valence-electron chi connectivity index (χ0n) is 7.48. The number of guanidine groups is 1. The summed E-state index contributed by atoms with van der Waals surface area (Å²) in [6.45, 7) is 1.82. The Balaban J connectivity index is 2.98. The van der Waals surface area contributed by atoms with Gasteiger partial charge in [0.25, 0.3) is 5.95 Å². The quantitative estimate of drug-likeness (QED) is 0.382. The third-order valence-corrected chi connectivity index (χ3v) is 1.37. The highest BCUT2D eigenvalue weighted by molar-refractivity contribution is 5.88. The van der Waals surface area contributed by atoms with Crippen LogP contribution in [0.4, 0.5) is 5.95 Å². The summed E-state index contributed by atoms with van der Waals surface area (Å²) < 4.78 is 0. The number of hydrogen-bond acceptors (Lipinski definition) is 4. The zero-order valence-corrected chi connectivity index (χ0v) is 7.48. The number of rotatable bonds is 2. The molecule has 0 radical (unpaired) electrons. The second-order valence-corrected chi connectivity index (χ2v) is 2.36. The van der Waals surface area contributed by atoms with Crippen LogP contribution < -0.4 is 10.8 Å². The number of hydrogen-bond donors (Lipinski definition) is 2. The number of hydroxylamine groups is 1. The Morgan fingerprint density at radius 1 is 1.69 bits per heavy atom. The number of anilines is 1. The first-order valence-corrected chi connectivity index (χ1v) is 3.63. The molecule has 1 heterocycles. The van der Waals surface area contributed by atoms with Crippen LogP contribution in [0.15, 0.2) is 12.3 Å². The number of aromatic nitrogens is 2. The Morgan fingerprint density at radius 3 is 2.85 bits per heavy atom. The summed E-state index contributed by atoms with van der Waals surface area (Å²) in [5.74, 6) is 0.00287. The molecule has 13 heavy (non-hydrogen) atoms. The molecule has 0 amide bonds. The fraction of sp³-hybridized carbons (Fsp3) is 0.286. The summed E-state index contributed by atoms with van der Waals surface area (Å²) in [6, 6.07) is 1.75. The van der Waals surface area contributed by atoms with E-state index in [0.717, 1.165) is 10.8 Å². The fourth-order valence-electron chi connectivity index (χ4n) is 0.821. The molecule has 0 aliphatic heterocycles. The van der Waals surface area contributed by atoms with Crippen LogP contribution in [0.3, 0.4) is 0 Å². The van der Waals surface area contributed by atoms with Crippen molar-refractivity contribution in [2.24, 2.45) is 5.73 Å². The van der Waals surface area contributed by atoms with E-state index in [2.05, 4.69) is 9.97 Å². The van der Waals surface area contributed by atoms with Gasteiger partial charge >= 0.3 is 0 Å². The summed E-state index contributed by atoms with van der Waals surface area (Å²) >= 11 is 0. The van der Waals surface area contributed by atoms with Crippen LogP contribution in [-0.2, 0) is 4.84 Å². The lowest BCUT2D eigenvalue weighted by molar-refractivity contribution is 0.204. The number of nitrogens with two attached hydrogens (primary N) is 1. The third-order valence-electron chi connectivity index (χ3n) is 1.37. The normalized spacial score (nSPS) is 9.69. The monoisotopic (exact) mass is 181 g/mol. The van der Waals surface area contributed by atoms with E-state index < -0.39 is 0 Å². The molecule has 0 saturated heterocycles. The number of nitrogens with one attached hydrogen (secondary N) is 1. The maximum absolute atomic E-state index is 7.16. The van der Waals surface area contributed by atoms with E-state index in [-0.39, 0.29) is 11.9 Å². The van der Waals surface area contributed by atoms with Crippen molar-refractivity contribution < 1.29 is 4.84 Å². The molecule has 0 atom stereocenters. The van der Waals surface area contributed by atoms with Crippen molar-refractivity contribution in [2.75, 3.05) is 12.2 Å². The fourth-order valence-corrected chi connectivity index (χ4v) is 0.821. The van der Waals surface area contributed by atoms with Gasteiger partial charge in [0.1, 0.15) is 0 Å². The van der Waals surface area contributed by atoms with Crippen molar-refractivity contribution in [3.63, 3.8) is 0 Å². The second-order valence-electron chi connectivity index (χ2n) is 2.36. The Morgan fingerprint density at radius 2 is 2.38 bits per heavy atom. The first-order valence-electron chi connectivity index (χ1n) is 3.63. The molecule has 6 heteroatoms. The molecule has 0 spiro atoms. The molecule has 1 aromatic rings. The molecular weight excluding hydrogens is 170 g/mol. The highest BCUT2D eigenvalue weighted by Crippen LogP contribution is 2.05. The molecule has 0 unspecified atom stereocenters. The van der Waals surface area contributed by atoms with Gasteiger partial charge < -0.3 is 5.73 Å². The van der Waals surface area contributed by atoms with Crippen LogP contribution in [0.1, 0.15) is 5.69 Å². The van der Waals surface area contributed by atoms with Gasteiger partial charge in [-0.25, -0.2) is 9.97 Å². The van der Waals surface area contributed by atoms with Gasteiger partial charge in [-0.2, -0.15) is 5.06 Å². The van der Waals surface area contributed by atoms with Crippen molar-refractivity contribution in [1.29, 1.82) is 5.41 Å². The highest BCUT2D eigenvalue weighted by atomic mass is 16.7. The van der Waals surface area contributed by atoms with Gasteiger partial charge in [-0.1, -0.05) is 0 Å². The van der Waals surface area contributed by atoms with E-state index in [9.17, 15) is 0 Å². The SMILES string of the molecule is CON(C(=N)N)c1nccc(C)n1. The Hall–Kier alpha value is -1.69. The lowest BCUT2D eigenvalue weighted by Crippen LogP contribution is -2.36. The predicted octanol–water partition coefficient (Wildman–Crippen LogP) is 0.0463. The summed E-state index contributed by atoms with van der Waals surface area (Å²) in [5, 5.41) is 8.19. The van der Waals surface area contributed by atoms with Crippen LogP contribution in [0, 0.1) is 12.3 Å². The van der Waals surface area contributed by atoms with Gasteiger partial charge in [-0.15, -0.1) is 0 Å². The van der Waals surface area contributed by atoms with Gasteiger partial charge in [0.2, 0.25) is 5.96 Å². The molecule has 0 aromatic carbocycles. The van der Waals surface area contributed by atoms with Crippen LogP contribution in [0.5, 0.6) is 0 Å². The van der Waals surface area contributed by atoms with Gasteiger partial charge in [0.05, 0.1) is 7.11 Å². The third kappa shape index (κ3) is 2.12. The largest absolute Gasteiger partial charge is 0.368 e. The van der Waals surface area contributed by atoms with Crippen molar-refractivity contribution >= 4 is 11.9 Å². The lowest BCUT2D eigenvalue weighted by Gasteiger charge is -2.16. The second kappa shape index (κ2) is 3.81. The molecule has 0 saturated carbocycles. The van der Waals surface area contributed by atoms with E-state index in [1.807, 2.05) is 6.92 Å². The van der Waals surface area contributed by atoms with Gasteiger partial charge in [-0.05, 0) is 13.0 Å². The average Bonchev–Trinajstić information content (AvgIpc) is 2.04. The summed E-state index contributed by atoms with van der Waals surface area (Å²) in [5.41, 5.74) is 6.02. The van der Waals surface area contributed by atoms with Crippen molar-refractivity contribution in [1.82, 2.24) is 9.97 Å². The minimum atomic E-state index is -0.256. The summed E-state index contributed by atoms with van der Waals surface area (Å²) in [4.78, 5) is 12.7. The minimum absolute atomic E-state index is 0.256. The van der Waals surface area contributed by atoms with E-state index in [0.29, 0.717) is 0 Å². The topological polar surface area (TPSA) is 88.1 Å². The molecule has 70 valence electrons. The van der Waals surface area contributed by atoms with Crippen molar-refractivity contribution in [2.45, 2.75) is 6.92 Å². The van der Waals surface area contributed by atoms with Gasteiger partial charge in [-0.3, -0.25) is 10.2 Å². The molecule has 0 aliphatic carbocycles. The Bertz CT molecular complexity index is 314. The van der Waals surface area contributed by atoms with E-state index in [4.69, 9.17) is 16.0 Å². The van der Waals surface area contributed by atoms with Crippen LogP contribution in [0.2, 0.25) is 0 Å². The first kappa shape index (κ1) is 9.40. The van der Waals surface area contributed by atoms with Crippen LogP contribution in [-0.4, -0.2) is 23.0 Å². The summed E-state index contributed by atoms with van der Waals surface area (Å²) in [6.07, 6.45) is 1.58. The molecule has 1 rings (SSSR count). The van der Waals surface area contributed by atoms with Gasteiger partial charge in [0, 0.05) is 11.9 Å². The van der Waals surface area contributed by atoms with Crippen LogP contribution in [0.25, 0.3) is 0 Å². The number of nitrogens with zero attached hydrogens (tertiary/aromatic N) is 3. The van der Waals surface area contributed by atoms with E-state index >= 15 is 0 Å². The first-order chi connectivity index (χ1) is 6.15. The lowest BCUT2D eigenvalue weighted by atomic mass is 10.5. The molecular formula is C7H11N5O. The molecule has 3 N–H and O–H groups in total. The molecule has 6 nitrogen and oxygen atoms in total. The smallest absolute Gasteiger partial charge is 0.257 e. The van der Waals surface area contributed by atoms with E-state index in [1.54, 1.807) is 12.3 Å². The maximum atomic E-state index is 7.16. The standard InChI is InChI=1S/C7H11N5O/c1-5-3-4-10-7(11-5)12(13-2)6(8)9/h3-4H,1-2H3,(H3,8,9). The predicted molar refractivity (Wildman–Crippen MR) is 48.2 cm³/mol. The van der Waals surface area contributed by atoms with Gasteiger partial charge in [0.15, 0.2) is 0 Å². The number of aryl methyl sites for hydroxylation is 1.